The van der Waals surface area contributed by atoms with Gasteiger partial charge in [0.1, 0.15) is 11.4 Å². The number of carbonyl (C=O) groups excluding carboxylic acids is 1. The fourth-order valence-corrected chi connectivity index (χ4v) is 2.22. The summed E-state index contributed by atoms with van der Waals surface area (Å²) in [5.41, 5.74) is 1.73. The number of pyridine rings is 2. The molecule has 0 saturated heterocycles. The highest BCUT2D eigenvalue weighted by Gasteiger charge is 2.17. The second-order valence-corrected chi connectivity index (χ2v) is 5.05. The predicted molar refractivity (Wildman–Crippen MR) is 83.7 cm³/mol. The van der Waals surface area contributed by atoms with Gasteiger partial charge in [0.15, 0.2) is 0 Å². The van der Waals surface area contributed by atoms with Crippen molar-refractivity contribution in [3.8, 4) is 11.4 Å². The molecule has 0 fully saturated rings. The molecule has 0 aliphatic rings. The van der Waals surface area contributed by atoms with Crippen LogP contribution in [0.1, 0.15) is 28.0 Å². The van der Waals surface area contributed by atoms with E-state index in [1.807, 2.05) is 6.07 Å². The molecule has 3 rings (SSSR count). The van der Waals surface area contributed by atoms with E-state index in [4.69, 9.17) is 0 Å². The lowest BCUT2D eigenvalue weighted by atomic mass is 10.1. The maximum Gasteiger partial charge on any atom is 0.280 e. The van der Waals surface area contributed by atoms with Crippen molar-refractivity contribution < 1.29 is 13.6 Å². The largest absolute Gasteiger partial charge is 0.319 e. The lowest BCUT2D eigenvalue weighted by molar-refractivity contribution is 0.102. The number of rotatable bonds is 4. The molecule has 0 aliphatic carbocycles. The van der Waals surface area contributed by atoms with E-state index in [2.05, 4.69) is 25.5 Å². The summed E-state index contributed by atoms with van der Waals surface area (Å²) in [6.45, 7) is 1.49. The Bertz CT molecular complexity index is 864. The number of alkyl halides is 2. The molecule has 1 amide bonds. The van der Waals surface area contributed by atoms with Crippen LogP contribution in [0.5, 0.6) is 0 Å². The molecule has 0 aromatic carbocycles. The van der Waals surface area contributed by atoms with Crippen molar-refractivity contribution in [1.82, 2.24) is 20.2 Å². The second kappa shape index (κ2) is 6.53. The van der Waals surface area contributed by atoms with Crippen LogP contribution in [0.15, 0.2) is 42.9 Å². The Labute approximate surface area is 136 Å². The third kappa shape index (κ3) is 3.12. The van der Waals surface area contributed by atoms with Gasteiger partial charge in [-0.2, -0.15) is 5.10 Å². The van der Waals surface area contributed by atoms with E-state index in [0.717, 1.165) is 6.20 Å². The fourth-order valence-electron chi connectivity index (χ4n) is 2.22. The van der Waals surface area contributed by atoms with Crippen molar-refractivity contribution in [2.75, 3.05) is 5.32 Å². The molecule has 3 aromatic rings. The van der Waals surface area contributed by atoms with Gasteiger partial charge in [-0.05, 0) is 30.7 Å². The number of hydrogen-bond acceptors (Lipinski definition) is 4. The summed E-state index contributed by atoms with van der Waals surface area (Å²) in [6.07, 6.45) is 1.53. The number of aryl methyl sites for hydroxylation is 1. The molecular weight excluding hydrogens is 316 g/mol. The number of H-pyrrole nitrogens is 1. The van der Waals surface area contributed by atoms with Crippen molar-refractivity contribution in [1.29, 1.82) is 0 Å². The molecule has 0 aliphatic heterocycles. The van der Waals surface area contributed by atoms with Crippen LogP contribution in [0.2, 0.25) is 0 Å². The quantitative estimate of drug-likeness (QED) is 0.769. The number of aromatic amines is 1. The molecule has 2 N–H and O–H groups in total. The van der Waals surface area contributed by atoms with Crippen molar-refractivity contribution >= 4 is 11.6 Å². The van der Waals surface area contributed by atoms with Gasteiger partial charge in [0.25, 0.3) is 12.3 Å². The normalized spacial score (nSPS) is 10.8. The first-order chi connectivity index (χ1) is 11.6. The SMILES string of the molecule is Cc1cc(C(=O)Nc2cn[nH]c2-c2ccccn2)cnc1C(F)F. The van der Waals surface area contributed by atoms with Crippen molar-refractivity contribution in [2.45, 2.75) is 13.3 Å². The summed E-state index contributed by atoms with van der Waals surface area (Å²) in [7, 11) is 0. The van der Waals surface area contributed by atoms with Crippen molar-refractivity contribution in [2.24, 2.45) is 0 Å². The average Bonchev–Trinajstić information content (AvgIpc) is 3.03. The molecule has 3 heterocycles. The van der Waals surface area contributed by atoms with Crippen LogP contribution in [0.3, 0.4) is 0 Å². The summed E-state index contributed by atoms with van der Waals surface area (Å²) in [6, 6.07) is 6.74. The van der Waals surface area contributed by atoms with E-state index in [0.29, 0.717) is 17.1 Å². The number of carbonyl (C=O) groups is 1. The van der Waals surface area contributed by atoms with E-state index in [1.54, 1.807) is 18.3 Å². The van der Waals surface area contributed by atoms with Crippen molar-refractivity contribution in [3.05, 3.63) is 59.7 Å². The van der Waals surface area contributed by atoms with Gasteiger partial charge in [0.2, 0.25) is 0 Å². The smallest absolute Gasteiger partial charge is 0.280 e. The summed E-state index contributed by atoms with van der Waals surface area (Å²) in [4.78, 5) is 20.2. The van der Waals surface area contributed by atoms with Crippen LogP contribution >= 0.6 is 0 Å². The number of aromatic nitrogens is 4. The molecule has 24 heavy (non-hydrogen) atoms. The monoisotopic (exact) mass is 329 g/mol. The molecule has 0 spiro atoms. The minimum Gasteiger partial charge on any atom is -0.319 e. The maximum absolute atomic E-state index is 12.7. The molecule has 8 heteroatoms. The van der Waals surface area contributed by atoms with E-state index in [1.165, 1.54) is 19.2 Å². The first-order valence-electron chi connectivity index (χ1n) is 7.07. The summed E-state index contributed by atoms with van der Waals surface area (Å²) in [5.74, 6) is -0.468. The molecule has 6 nitrogen and oxygen atoms in total. The second-order valence-electron chi connectivity index (χ2n) is 5.05. The Kier molecular flexibility index (Phi) is 4.28. The number of anilines is 1. The summed E-state index contributed by atoms with van der Waals surface area (Å²) >= 11 is 0. The molecule has 0 saturated carbocycles. The summed E-state index contributed by atoms with van der Waals surface area (Å²) < 4.78 is 25.4. The van der Waals surface area contributed by atoms with Crippen LogP contribution in [0.25, 0.3) is 11.4 Å². The number of amides is 1. The van der Waals surface area contributed by atoms with Gasteiger partial charge in [0.05, 0.1) is 23.1 Å². The molecule has 3 aromatic heterocycles. The van der Waals surface area contributed by atoms with Crippen LogP contribution in [-0.4, -0.2) is 26.1 Å². The zero-order chi connectivity index (χ0) is 17.1. The Hall–Kier alpha value is -3.16. The van der Waals surface area contributed by atoms with Crippen molar-refractivity contribution in [3.63, 3.8) is 0 Å². The number of nitrogens with one attached hydrogen (secondary N) is 2. The van der Waals surface area contributed by atoms with E-state index >= 15 is 0 Å². The number of hydrogen-bond donors (Lipinski definition) is 2. The fraction of sp³-hybridized carbons (Fsp3) is 0.125. The topological polar surface area (TPSA) is 83.6 Å². The zero-order valence-corrected chi connectivity index (χ0v) is 12.6. The molecule has 0 radical (unpaired) electrons. The van der Waals surface area contributed by atoms with Crippen LogP contribution in [0.4, 0.5) is 14.5 Å². The number of nitrogens with zero attached hydrogens (tertiary/aromatic N) is 3. The van der Waals surface area contributed by atoms with E-state index in [-0.39, 0.29) is 16.8 Å². The lowest BCUT2D eigenvalue weighted by Gasteiger charge is -2.08. The van der Waals surface area contributed by atoms with Gasteiger partial charge in [0, 0.05) is 12.4 Å². The van der Waals surface area contributed by atoms with Gasteiger partial charge in [-0.25, -0.2) is 8.78 Å². The minimum absolute atomic E-state index is 0.185. The van der Waals surface area contributed by atoms with Crippen LogP contribution in [0, 0.1) is 6.92 Å². The molecular formula is C16H13F2N5O. The molecule has 0 bridgehead atoms. The zero-order valence-electron chi connectivity index (χ0n) is 12.6. The van der Waals surface area contributed by atoms with Gasteiger partial charge in [-0.15, -0.1) is 0 Å². The van der Waals surface area contributed by atoms with Gasteiger partial charge in [-0.3, -0.25) is 19.9 Å². The highest BCUT2D eigenvalue weighted by molar-refractivity contribution is 6.05. The maximum atomic E-state index is 12.7. The Morgan fingerprint density at radius 1 is 1.25 bits per heavy atom. The van der Waals surface area contributed by atoms with E-state index < -0.39 is 12.3 Å². The molecule has 0 atom stereocenters. The molecule has 0 unspecified atom stereocenters. The third-order valence-corrected chi connectivity index (χ3v) is 3.40. The highest BCUT2D eigenvalue weighted by Crippen LogP contribution is 2.24. The highest BCUT2D eigenvalue weighted by atomic mass is 19.3. The average molecular weight is 329 g/mol. The van der Waals surface area contributed by atoms with Crippen LogP contribution < -0.4 is 5.32 Å². The predicted octanol–water partition coefficient (Wildman–Crippen LogP) is 3.37. The van der Waals surface area contributed by atoms with Gasteiger partial charge < -0.3 is 5.32 Å². The van der Waals surface area contributed by atoms with E-state index in [9.17, 15) is 13.6 Å². The third-order valence-electron chi connectivity index (χ3n) is 3.40. The van der Waals surface area contributed by atoms with Gasteiger partial charge in [-0.1, -0.05) is 6.07 Å². The Balaban J connectivity index is 1.84. The molecule has 122 valence electrons. The minimum atomic E-state index is -2.67. The van der Waals surface area contributed by atoms with Gasteiger partial charge >= 0.3 is 0 Å². The first-order valence-corrected chi connectivity index (χ1v) is 7.07. The lowest BCUT2D eigenvalue weighted by Crippen LogP contribution is -2.13. The summed E-state index contributed by atoms with van der Waals surface area (Å²) in [5, 5.41) is 9.36. The van der Waals surface area contributed by atoms with Crippen LogP contribution in [-0.2, 0) is 0 Å². The standard InChI is InChI=1S/C16H13F2N5O/c1-9-6-10(7-20-13(9)15(17)18)16(24)22-12-8-21-23-14(12)11-4-2-3-5-19-11/h2-8,15H,1H3,(H,21,23)(H,22,24). The first kappa shape index (κ1) is 15.7. The Morgan fingerprint density at radius 3 is 2.75 bits per heavy atom. The Morgan fingerprint density at radius 2 is 2.08 bits per heavy atom. The number of halogens is 2.